The quantitative estimate of drug-likeness (QED) is 0.358. The van der Waals surface area contributed by atoms with E-state index in [1.165, 1.54) is 19.4 Å². The van der Waals surface area contributed by atoms with Gasteiger partial charge in [0, 0.05) is 30.7 Å². The molecule has 0 aromatic heterocycles. The Hall–Kier alpha value is -2.77. The molecule has 2 fully saturated rings. The highest BCUT2D eigenvalue weighted by Gasteiger charge is 2.73. The Kier molecular flexibility index (Phi) is 6.67. The maximum absolute atomic E-state index is 14.4. The first-order valence-electron chi connectivity index (χ1n) is 13.7. The number of amides is 1. The summed E-state index contributed by atoms with van der Waals surface area (Å²) >= 11 is 0. The maximum Gasteiger partial charge on any atom is 0.303 e. The summed E-state index contributed by atoms with van der Waals surface area (Å²) in [6.45, 7) is 10.9. The summed E-state index contributed by atoms with van der Waals surface area (Å²) in [6, 6.07) is 9.83. The van der Waals surface area contributed by atoms with Crippen molar-refractivity contribution in [2.75, 3.05) is 0 Å². The number of carbonyl (C=O) groups excluding carboxylic acids is 3. The lowest BCUT2D eigenvalue weighted by molar-refractivity contribution is -0.167. The third kappa shape index (κ3) is 3.97. The maximum atomic E-state index is 14.4. The molecule has 0 radical (unpaired) electrons. The van der Waals surface area contributed by atoms with Crippen molar-refractivity contribution >= 4 is 17.7 Å². The zero-order valence-corrected chi connectivity index (χ0v) is 23.1. The van der Waals surface area contributed by atoms with Crippen LogP contribution >= 0.6 is 0 Å². The zero-order chi connectivity index (χ0) is 27.6. The van der Waals surface area contributed by atoms with Crippen LogP contribution in [0.25, 0.3) is 0 Å². The first-order chi connectivity index (χ1) is 17.9. The molecule has 2 heterocycles. The van der Waals surface area contributed by atoms with E-state index >= 15 is 0 Å². The Morgan fingerprint density at radius 2 is 1.84 bits per heavy atom. The summed E-state index contributed by atoms with van der Waals surface area (Å²) in [5, 5.41) is 14.6. The first kappa shape index (κ1) is 26.8. The van der Waals surface area contributed by atoms with Gasteiger partial charge in [-0.3, -0.25) is 14.4 Å². The topological polar surface area (TPSA) is 105 Å². The van der Waals surface area contributed by atoms with Crippen LogP contribution < -0.4 is 5.32 Å². The van der Waals surface area contributed by atoms with E-state index in [2.05, 4.69) is 44.3 Å². The number of fused-ring (bicyclic) bond motifs is 1. The van der Waals surface area contributed by atoms with E-state index in [4.69, 9.17) is 9.47 Å². The molecule has 1 aromatic rings. The minimum Gasteiger partial charge on any atom is -0.458 e. The molecule has 1 unspecified atom stereocenters. The molecule has 2 aliphatic carbocycles. The van der Waals surface area contributed by atoms with Crippen LogP contribution in [0.15, 0.2) is 53.6 Å². The Balaban J connectivity index is 1.72. The number of rotatable bonds is 3. The van der Waals surface area contributed by atoms with Crippen LogP contribution in [0.1, 0.15) is 53.5 Å². The summed E-state index contributed by atoms with van der Waals surface area (Å²) in [7, 11) is 0. The predicted octanol–water partition coefficient (Wildman–Crippen LogP) is 3.55. The van der Waals surface area contributed by atoms with Crippen LogP contribution in [0.2, 0.25) is 0 Å². The second kappa shape index (κ2) is 9.45. The third-order valence-corrected chi connectivity index (χ3v) is 9.71. The summed E-state index contributed by atoms with van der Waals surface area (Å²) in [6.07, 6.45) is 2.47. The lowest BCUT2D eigenvalue weighted by Gasteiger charge is -2.50. The van der Waals surface area contributed by atoms with Crippen molar-refractivity contribution in [3.05, 3.63) is 59.2 Å². The minimum atomic E-state index is -1.76. The highest BCUT2D eigenvalue weighted by atomic mass is 16.6. The van der Waals surface area contributed by atoms with Gasteiger partial charge in [-0.05, 0) is 45.1 Å². The van der Waals surface area contributed by atoms with Gasteiger partial charge in [-0.15, -0.1) is 0 Å². The fourth-order valence-corrected chi connectivity index (χ4v) is 7.61. The molecule has 5 rings (SSSR count). The molecule has 10 atom stereocenters. The molecule has 2 saturated heterocycles. The number of carbonyl (C=O) groups is 3. The molecular weight excluding hydrogens is 482 g/mol. The van der Waals surface area contributed by atoms with E-state index in [9.17, 15) is 19.5 Å². The Morgan fingerprint density at radius 3 is 2.50 bits per heavy atom. The second-order valence-corrected chi connectivity index (χ2v) is 12.0. The van der Waals surface area contributed by atoms with Gasteiger partial charge in [0.2, 0.25) is 5.91 Å². The molecule has 204 valence electrons. The molecule has 4 aliphatic rings. The van der Waals surface area contributed by atoms with E-state index in [0.717, 1.165) is 11.1 Å². The molecule has 1 amide bonds. The molecule has 7 nitrogen and oxygen atoms in total. The Labute approximate surface area is 224 Å². The largest absolute Gasteiger partial charge is 0.458 e. The number of hydrogen-bond acceptors (Lipinski definition) is 6. The van der Waals surface area contributed by atoms with E-state index in [-0.39, 0.29) is 35.5 Å². The SMILES string of the molecule is CC(=O)O[C@@H]1[C@@H]2O[C@H]2[C@@](C)(O)C(=O)[C@@H](C)C/C=C/[C@H]2[C@H](C)C(C)=C(C)[C@H]3[C@H](Cc4ccccc4)NC(=O)C123. The Bertz CT molecular complexity index is 1200. The van der Waals surface area contributed by atoms with Gasteiger partial charge in [0.1, 0.15) is 29.3 Å². The Morgan fingerprint density at radius 1 is 1.16 bits per heavy atom. The van der Waals surface area contributed by atoms with Gasteiger partial charge in [-0.2, -0.15) is 0 Å². The van der Waals surface area contributed by atoms with Crippen LogP contribution in [0.3, 0.4) is 0 Å². The number of Topliss-reactive ketones (excluding diaryl/α,β-unsaturated/α-hetero) is 1. The van der Waals surface area contributed by atoms with Crippen molar-refractivity contribution in [2.45, 2.75) is 84.3 Å². The molecular formula is C31H39NO6. The molecule has 7 heteroatoms. The number of hydrogen-bond donors (Lipinski definition) is 2. The molecule has 2 N–H and O–H groups in total. The van der Waals surface area contributed by atoms with Crippen LogP contribution in [-0.2, 0) is 30.3 Å². The van der Waals surface area contributed by atoms with E-state index in [0.29, 0.717) is 12.8 Å². The monoisotopic (exact) mass is 521 g/mol. The number of ether oxygens (including phenoxy) is 2. The number of benzene rings is 1. The minimum absolute atomic E-state index is 0.00810. The summed E-state index contributed by atoms with van der Waals surface area (Å²) < 4.78 is 12.1. The van der Waals surface area contributed by atoms with Crippen LogP contribution in [0.5, 0.6) is 0 Å². The molecule has 1 aromatic carbocycles. The van der Waals surface area contributed by atoms with Crippen molar-refractivity contribution in [1.82, 2.24) is 5.32 Å². The van der Waals surface area contributed by atoms with Crippen molar-refractivity contribution in [2.24, 2.45) is 29.1 Å². The van der Waals surface area contributed by atoms with Crippen molar-refractivity contribution in [3.63, 3.8) is 0 Å². The van der Waals surface area contributed by atoms with Crippen molar-refractivity contribution < 1.29 is 29.0 Å². The molecule has 1 spiro atoms. The van der Waals surface area contributed by atoms with Gasteiger partial charge in [-0.25, -0.2) is 0 Å². The number of ketones is 1. The first-order valence-corrected chi connectivity index (χ1v) is 13.7. The zero-order valence-electron chi connectivity index (χ0n) is 23.1. The average Bonchev–Trinajstić information content (AvgIpc) is 3.62. The van der Waals surface area contributed by atoms with Gasteiger partial charge in [0.05, 0.1) is 0 Å². The summed E-state index contributed by atoms with van der Waals surface area (Å²) in [4.78, 5) is 40.2. The molecule has 0 saturated carbocycles. The summed E-state index contributed by atoms with van der Waals surface area (Å²) in [5.74, 6) is -2.01. The number of aliphatic hydroxyl groups is 1. The smallest absolute Gasteiger partial charge is 0.303 e. The highest BCUT2D eigenvalue weighted by molar-refractivity contribution is 5.91. The van der Waals surface area contributed by atoms with Crippen LogP contribution in [0, 0.1) is 29.1 Å². The van der Waals surface area contributed by atoms with Crippen LogP contribution in [0.4, 0.5) is 0 Å². The standard InChI is InChI=1S/C31H39NO6/c1-16-11-10-14-22-18(3)17(2)19(4)24-23(15-21-12-8-7-9-13-21)32-29(35)31(22,24)28(37-20(5)33)25-27(38-25)30(6,36)26(16)34/h7-10,12-14,16,18,22-25,27-28,36H,11,15H2,1-6H3,(H,32,35)/b14-10+/t16-,18+,22-,23-,24-,25+,27+,28+,30-,31?/m0/s1. The number of epoxide rings is 1. The molecule has 2 aliphatic heterocycles. The number of allylic oxidation sites excluding steroid dienone is 3. The van der Waals surface area contributed by atoms with E-state index < -0.39 is 41.2 Å². The molecule has 38 heavy (non-hydrogen) atoms. The van der Waals surface area contributed by atoms with Gasteiger partial charge >= 0.3 is 5.97 Å². The van der Waals surface area contributed by atoms with Gasteiger partial charge in [0.15, 0.2) is 5.78 Å². The van der Waals surface area contributed by atoms with Crippen LogP contribution in [-0.4, -0.2) is 52.7 Å². The average molecular weight is 522 g/mol. The number of esters is 1. The lowest BCUT2D eigenvalue weighted by atomic mass is 9.52. The van der Waals surface area contributed by atoms with E-state index in [1.54, 1.807) is 6.92 Å². The summed E-state index contributed by atoms with van der Waals surface area (Å²) in [5.41, 5.74) is 0.519. The molecule has 0 bridgehead atoms. The fraction of sp³-hybridized carbons (Fsp3) is 0.581. The van der Waals surface area contributed by atoms with Gasteiger partial charge < -0.3 is 19.9 Å². The fourth-order valence-electron chi connectivity index (χ4n) is 7.61. The van der Waals surface area contributed by atoms with Gasteiger partial charge in [0.25, 0.3) is 0 Å². The number of nitrogens with one attached hydrogen (secondary N) is 1. The van der Waals surface area contributed by atoms with Crippen molar-refractivity contribution in [1.29, 1.82) is 0 Å². The van der Waals surface area contributed by atoms with Gasteiger partial charge in [-0.1, -0.05) is 67.5 Å². The normalized spacial score (nSPS) is 43.2. The second-order valence-electron chi connectivity index (χ2n) is 12.0. The predicted molar refractivity (Wildman–Crippen MR) is 142 cm³/mol. The van der Waals surface area contributed by atoms with E-state index in [1.807, 2.05) is 24.3 Å². The van der Waals surface area contributed by atoms with Crippen molar-refractivity contribution in [3.8, 4) is 0 Å². The third-order valence-electron chi connectivity index (χ3n) is 9.71. The highest BCUT2D eigenvalue weighted by Crippen LogP contribution is 2.61. The lowest BCUT2D eigenvalue weighted by Crippen LogP contribution is -2.59.